The van der Waals surface area contributed by atoms with Crippen LogP contribution in [0.25, 0.3) is 10.8 Å². The van der Waals surface area contributed by atoms with Gasteiger partial charge in [-0.05, 0) is 27.0 Å². The molecule has 1 unspecified atom stereocenters. The van der Waals surface area contributed by atoms with Crippen LogP contribution in [-0.4, -0.2) is 130 Å². The molecule has 6 N–H and O–H groups in total. The number of piperazine rings is 1. The van der Waals surface area contributed by atoms with Gasteiger partial charge in [0.05, 0.1) is 53.0 Å². The first-order chi connectivity index (χ1) is 27.7. The van der Waals surface area contributed by atoms with Crippen LogP contribution in [0.2, 0.25) is 0 Å². The van der Waals surface area contributed by atoms with E-state index in [1.165, 1.54) is 59.4 Å². The van der Waals surface area contributed by atoms with Crippen LogP contribution in [0.3, 0.4) is 0 Å². The summed E-state index contributed by atoms with van der Waals surface area (Å²) in [5.74, 6) is -8.34. The molecule has 2 aromatic rings. The van der Waals surface area contributed by atoms with Gasteiger partial charge in [0.1, 0.15) is 23.4 Å². The number of phenolic OH excluding ortho intramolecular Hbond substituents is 3. The Labute approximate surface area is 344 Å². The number of nitrogens with one attached hydrogen (secondary N) is 1. The average molecular weight is 823 g/mol. The number of esters is 1. The van der Waals surface area contributed by atoms with Crippen molar-refractivity contribution >= 4 is 40.3 Å². The van der Waals surface area contributed by atoms with Crippen LogP contribution in [-0.2, 0) is 23.8 Å². The molecule has 6 rings (SSSR count). The number of rotatable bonds is 4. The summed E-state index contributed by atoms with van der Waals surface area (Å²) in [6, 6.07) is 0. The Morgan fingerprint density at radius 2 is 1.61 bits per heavy atom. The van der Waals surface area contributed by atoms with Crippen molar-refractivity contribution < 1.29 is 58.9 Å². The van der Waals surface area contributed by atoms with Gasteiger partial charge in [0, 0.05) is 87.3 Å². The first-order valence-corrected chi connectivity index (χ1v) is 19.8. The van der Waals surface area contributed by atoms with Gasteiger partial charge in [-0.15, -0.1) is 0 Å². The summed E-state index contributed by atoms with van der Waals surface area (Å²) in [4.78, 5) is 42.6. The van der Waals surface area contributed by atoms with Crippen molar-refractivity contribution in [1.29, 1.82) is 0 Å². The molecule has 1 saturated heterocycles. The number of nitrogens with zero attached hydrogens (tertiary/aromatic N) is 3. The maximum Gasteiger partial charge on any atom is 0.312 e. The molecule has 16 heteroatoms. The zero-order chi connectivity index (χ0) is 43.7. The highest BCUT2D eigenvalue weighted by Gasteiger charge is 2.50. The van der Waals surface area contributed by atoms with E-state index in [0.29, 0.717) is 13.1 Å². The fourth-order valence-electron chi connectivity index (χ4n) is 7.92. The lowest BCUT2D eigenvalue weighted by Crippen LogP contribution is -2.46. The Balaban J connectivity index is 1.70. The lowest BCUT2D eigenvalue weighted by atomic mass is 9.78. The maximum absolute atomic E-state index is 14.4. The summed E-state index contributed by atoms with van der Waals surface area (Å²) in [5, 5.41) is 66.8. The number of carbonyl (C=O) groups excluding carboxylic acids is 3. The number of fused-ring (bicyclic) bond motifs is 14. The molecule has 4 aliphatic rings. The Kier molecular flexibility index (Phi) is 13.7. The van der Waals surface area contributed by atoms with E-state index in [2.05, 4.69) is 15.3 Å². The van der Waals surface area contributed by atoms with Gasteiger partial charge in [0.15, 0.2) is 5.75 Å². The van der Waals surface area contributed by atoms with Gasteiger partial charge in [-0.2, -0.15) is 5.10 Å². The molecule has 4 heterocycles. The number of allylic oxidation sites excluding steroid dienone is 2. The second-order valence-electron chi connectivity index (χ2n) is 16.1. The largest absolute Gasteiger partial charge is 0.507 e. The molecule has 59 heavy (non-hydrogen) atoms. The van der Waals surface area contributed by atoms with Crippen LogP contribution >= 0.6 is 0 Å². The minimum absolute atomic E-state index is 0.0559. The Morgan fingerprint density at radius 1 is 0.949 bits per heavy atom. The molecule has 322 valence electrons. The van der Waals surface area contributed by atoms with Crippen LogP contribution in [0.4, 0.5) is 5.69 Å². The lowest BCUT2D eigenvalue weighted by Gasteiger charge is -2.38. The van der Waals surface area contributed by atoms with Crippen molar-refractivity contribution in [2.45, 2.75) is 85.6 Å². The minimum atomic E-state index is -2.04. The third-order valence-electron chi connectivity index (χ3n) is 11.9. The first kappa shape index (κ1) is 44.9. The van der Waals surface area contributed by atoms with E-state index in [-0.39, 0.29) is 44.5 Å². The van der Waals surface area contributed by atoms with E-state index in [1.807, 2.05) is 7.05 Å². The van der Waals surface area contributed by atoms with Crippen molar-refractivity contribution in [1.82, 2.24) is 9.91 Å². The molecule has 1 amide bonds. The molecule has 4 aliphatic heterocycles. The van der Waals surface area contributed by atoms with Crippen LogP contribution in [0, 0.1) is 30.6 Å². The molecular weight excluding hydrogens is 764 g/mol. The Morgan fingerprint density at radius 3 is 2.24 bits per heavy atom. The molecule has 0 saturated carbocycles. The van der Waals surface area contributed by atoms with E-state index < -0.39 is 88.8 Å². The van der Waals surface area contributed by atoms with Crippen molar-refractivity contribution in [2.24, 2.45) is 28.8 Å². The number of aliphatic hydroxyl groups excluding tert-OH is 2. The van der Waals surface area contributed by atoms with Gasteiger partial charge in [0.25, 0.3) is 11.7 Å². The molecule has 0 aromatic heterocycles. The summed E-state index contributed by atoms with van der Waals surface area (Å²) in [5.41, 5.74) is -0.350. The zero-order valence-corrected chi connectivity index (χ0v) is 35.3. The molecule has 16 nitrogen and oxygen atoms in total. The second-order valence-corrected chi connectivity index (χ2v) is 16.1. The summed E-state index contributed by atoms with van der Waals surface area (Å²) < 4.78 is 23.6. The van der Waals surface area contributed by atoms with Gasteiger partial charge >= 0.3 is 11.8 Å². The molecule has 2 aromatic carbocycles. The maximum atomic E-state index is 14.4. The predicted octanol–water partition coefficient (Wildman–Crippen LogP) is 4.34. The number of amides is 1. The van der Waals surface area contributed by atoms with Crippen molar-refractivity contribution in [3.63, 3.8) is 0 Å². The zero-order valence-electron chi connectivity index (χ0n) is 35.3. The number of benzene rings is 2. The predicted molar refractivity (Wildman–Crippen MR) is 220 cm³/mol. The first-order valence-electron chi connectivity index (χ1n) is 19.8. The molecule has 0 spiro atoms. The fraction of sp³-hybridized carbons (Fsp3) is 0.535. The summed E-state index contributed by atoms with van der Waals surface area (Å²) in [6.07, 6.45) is 4.86. The van der Waals surface area contributed by atoms with Gasteiger partial charge in [-0.3, -0.25) is 19.4 Å². The fourth-order valence-corrected chi connectivity index (χ4v) is 7.92. The minimum Gasteiger partial charge on any atom is -0.507 e. The monoisotopic (exact) mass is 822 g/mol. The molecule has 0 aliphatic carbocycles. The second kappa shape index (κ2) is 18.0. The standard InChI is InChI=1S/C43H58N4O12/c1-21-12-11-13-22(2)42(55)45-33-28(20-44-47-17-15-46(9)16-18-47)37(52)30-31(38(33)53)36(51)26(6)40-32(30)41(54)43(8,59-40)57-19-14-29(56-10)23(3)39(58-27(7)48)25(5)35(50)24(4)34(21)49/h11-14,19-21,23-25,29,34-35,39,49-53H,15-18H2,1-10H3,(H,45,55)/b12-11+,19-14+,22-13-,44-20+/t21-,23+,24+,25+,29-,34-,35+,39+,43?/m0/s1. The molecule has 1 fully saturated rings. The number of ketones is 1. The van der Waals surface area contributed by atoms with Gasteiger partial charge in [0.2, 0.25) is 0 Å². The van der Waals surface area contributed by atoms with Crippen molar-refractivity contribution in [3.05, 3.63) is 52.8 Å². The van der Waals surface area contributed by atoms with Crippen LogP contribution in [0.1, 0.15) is 70.0 Å². The number of Topliss-reactive ketones (excluding diaryl/α,β-unsaturated/α-hetero) is 1. The number of aromatic hydroxyl groups is 3. The lowest BCUT2D eigenvalue weighted by molar-refractivity contribution is -0.160. The third-order valence-corrected chi connectivity index (χ3v) is 11.9. The third kappa shape index (κ3) is 8.91. The number of phenols is 3. The molecule has 5 bridgehead atoms. The molecular formula is C43H58N4O12. The van der Waals surface area contributed by atoms with Crippen molar-refractivity contribution in [2.75, 3.05) is 45.7 Å². The summed E-state index contributed by atoms with van der Waals surface area (Å²) in [7, 11) is 3.42. The number of hydrazone groups is 1. The Bertz CT molecular complexity index is 2070. The number of methoxy groups -OCH3 is 1. The van der Waals surface area contributed by atoms with Gasteiger partial charge < -0.3 is 54.7 Å². The molecule has 9 atom stereocenters. The average Bonchev–Trinajstić information content (AvgIpc) is 3.46. The number of likely N-dealkylation sites (N-methyl/N-ethyl adjacent to an activating group) is 1. The quantitative estimate of drug-likeness (QED) is 0.109. The highest BCUT2D eigenvalue weighted by molar-refractivity contribution is 6.23. The number of ether oxygens (including phenoxy) is 4. The van der Waals surface area contributed by atoms with Crippen LogP contribution in [0.15, 0.2) is 41.2 Å². The van der Waals surface area contributed by atoms with E-state index >= 15 is 0 Å². The van der Waals surface area contributed by atoms with Crippen molar-refractivity contribution in [3.8, 4) is 23.0 Å². The highest BCUT2D eigenvalue weighted by atomic mass is 16.7. The van der Waals surface area contributed by atoms with E-state index in [9.17, 15) is 39.9 Å². The smallest absolute Gasteiger partial charge is 0.312 e. The number of aliphatic hydroxyl groups is 2. The van der Waals surface area contributed by atoms with E-state index in [0.717, 1.165) is 13.1 Å². The van der Waals surface area contributed by atoms with Gasteiger partial charge in [-0.1, -0.05) is 45.9 Å². The SMILES string of the molecule is CO[C@H]1/C=C/OC2(C)Oc3c(C)c(O)c4c(O)c(c(/C=N/N5CCN(C)CC5)c(O)c4c3C2=O)NC(=O)/C(C)=C\C=C\[C@H](C)[C@H](O)[C@@H](C)[C@@H](O)[C@@H](C)[C@H](OC(C)=O)[C@@H]1C. The normalized spacial score (nSPS) is 32.1. The number of anilines is 1. The summed E-state index contributed by atoms with van der Waals surface area (Å²) in [6.45, 7) is 15.1. The van der Waals surface area contributed by atoms with Crippen LogP contribution in [0.5, 0.6) is 23.0 Å². The molecule has 0 radical (unpaired) electrons. The Hall–Kier alpha value is -5.16. The van der Waals surface area contributed by atoms with E-state index in [1.54, 1.807) is 44.9 Å². The van der Waals surface area contributed by atoms with Crippen LogP contribution < -0.4 is 10.1 Å². The number of carbonyl (C=O) groups is 3. The highest BCUT2D eigenvalue weighted by Crippen LogP contribution is 2.55. The number of hydrogen-bond donors (Lipinski definition) is 6. The summed E-state index contributed by atoms with van der Waals surface area (Å²) >= 11 is 0. The van der Waals surface area contributed by atoms with Gasteiger partial charge in [-0.25, -0.2) is 0 Å². The van der Waals surface area contributed by atoms with E-state index in [4.69, 9.17) is 18.9 Å². The number of hydrogen-bond acceptors (Lipinski definition) is 15. The topological polar surface area (TPSA) is 220 Å².